The van der Waals surface area contributed by atoms with Crippen molar-refractivity contribution in [3.63, 3.8) is 0 Å². The van der Waals surface area contributed by atoms with E-state index in [1.54, 1.807) is 13.2 Å². The van der Waals surface area contributed by atoms with Crippen molar-refractivity contribution >= 4 is 5.69 Å². The molecule has 0 bridgehead atoms. The van der Waals surface area contributed by atoms with Crippen molar-refractivity contribution in [2.45, 2.75) is 13.0 Å². The fourth-order valence-corrected chi connectivity index (χ4v) is 2.18. The number of nitro benzene ring substituents is 1. The lowest BCUT2D eigenvalue weighted by Gasteiger charge is -2.11. The van der Waals surface area contributed by atoms with Crippen molar-refractivity contribution < 1.29 is 14.4 Å². The lowest BCUT2D eigenvalue weighted by atomic mass is 10.1. The Kier molecular flexibility index (Phi) is 4.70. The largest absolute Gasteiger partial charge is 0.496 e. The van der Waals surface area contributed by atoms with Crippen LogP contribution < -0.4 is 10.1 Å². The normalized spacial score (nSPS) is 18.5. The molecule has 0 amide bonds. The van der Waals surface area contributed by atoms with Gasteiger partial charge in [-0.2, -0.15) is 0 Å². The summed E-state index contributed by atoms with van der Waals surface area (Å²) >= 11 is 0. The quantitative estimate of drug-likeness (QED) is 0.627. The van der Waals surface area contributed by atoms with E-state index in [-0.39, 0.29) is 5.69 Å². The molecule has 1 heterocycles. The first-order valence-corrected chi connectivity index (χ1v) is 6.30. The Bertz CT molecular complexity index is 444. The molecular weight excluding hydrogens is 248 g/mol. The predicted octanol–water partition coefficient (Wildman–Crippen LogP) is 1.73. The van der Waals surface area contributed by atoms with Crippen LogP contribution in [0.4, 0.5) is 5.69 Å². The number of non-ortho nitro benzene ring substituents is 1. The second-order valence-corrected chi connectivity index (χ2v) is 4.63. The van der Waals surface area contributed by atoms with Crippen LogP contribution in [0.2, 0.25) is 0 Å². The molecule has 0 saturated carbocycles. The van der Waals surface area contributed by atoms with Crippen molar-refractivity contribution in [1.29, 1.82) is 0 Å². The first-order valence-electron chi connectivity index (χ1n) is 6.30. The van der Waals surface area contributed by atoms with E-state index in [4.69, 9.17) is 9.47 Å². The SMILES string of the molecule is COc1ccc([N+](=O)[O-])cc1COCC1CCNC1. The summed E-state index contributed by atoms with van der Waals surface area (Å²) in [5.41, 5.74) is 0.768. The summed E-state index contributed by atoms with van der Waals surface area (Å²) in [6.07, 6.45) is 1.12. The third-order valence-corrected chi connectivity index (χ3v) is 3.25. The fourth-order valence-electron chi connectivity index (χ4n) is 2.18. The average Bonchev–Trinajstić information content (AvgIpc) is 2.91. The van der Waals surface area contributed by atoms with E-state index in [9.17, 15) is 10.1 Å². The lowest BCUT2D eigenvalue weighted by Crippen LogP contribution is -2.13. The van der Waals surface area contributed by atoms with Gasteiger partial charge < -0.3 is 14.8 Å². The molecule has 0 spiro atoms. The summed E-state index contributed by atoms with van der Waals surface area (Å²) in [6, 6.07) is 4.54. The summed E-state index contributed by atoms with van der Waals surface area (Å²) in [7, 11) is 1.55. The molecule has 104 valence electrons. The molecule has 1 aromatic carbocycles. The number of hydrogen-bond acceptors (Lipinski definition) is 5. The summed E-state index contributed by atoms with van der Waals surface area (Å²) < 4.78 is 10.8. The van der Waals surface area contributed by atoms with Gasteiger partial charge in [0.2, 0.25) is 0 Å². The Hall–Kier alpha value is -1.66. The average molecular weight is 266 g/mol. The van der Waals surface area contributed by atoms with Crippen LogP contribution in [0.1, 0.15) is 12.0 Å². The first-order chi connectivity index (χ1) is 9.20. The van der Waals surface area contributed by atoms with Gasteiger partial charge in [0, 0.05) is 24.2 Å². The van der Waals surface area contributed by atoms with Crippen molar-refractivity contribution in [2.24, 2.45) is 5.92 Å². The molecule has 1 atom stereocenters. The highest BCUT2D eigenvalue weighted by Crippen LogP contribution is 2.25. The van der Waals surface area contributed by atoms with Crippen LogP contribution in [0, 0.1) is 16.0 Å². The van der Waals surface area contributed by atoms with Crippen LogP contribution in [-0.2, 0) is 11.3 Å². The van der Waals surface area contributed by atoms with E-state index in [1.165, 1.54) is 12.1 Å². The molecule has 0 radical (unpaired) electrons. The molecule has 1 saturated heterocycles. The van der Waals surface area contributed by atoms with Crippen molar-refractivity contribution in [3.05, 3.63) is 33.9 Å². The molecule has 19 heavy (non-hydrogen) atoms. The van der Waals surface area contributed by atoms with Gasteiger partial charge in [0.05, 0.1) is 25.2 Å². The molecule has 1 aliphatic heterocycles. The molecule has 0 aromatic heterocycles. The van der Waals surface area contributed by atoms with Crippen molar-refractivity contribution in [2.75, 3.05) is 26.8 Å². The van der Waals surface area contributed by atoms with Crippen LogP contribution in [-0.4, -0.2) is 31.7 Å². The van der Waals surface area contributed by atoms with Gasteiger partial charge in [-0.05, 0) is 24.9 Å². The Labute approximate surface area is 111 Å². The standard InChI is InChI=1S/C13H18N2O4/c1-18-13-3-2-12(15(16)17)6-11(13)9-19-8-10-4-5-14-7-10/h2-3,6,10,14H,4-5,7-9H2,1H3. The van der Waals surface area contributed by atoms with Crippen LogP contribution in [0.15, 0.2) is 18.2 Å². The van der Waals surface area contributed by atoms with Gasteiger partial charge in [0.15, 0.2) is 0 Å². The molecule has 6 nitrogen and oxygen atoms in total. The van der Waals surface area contributed by atoms with Gasteiger partial charge in [0.25, 0.3) is 5.69 Å². The summed E-state index contributed by atoms with van der Waals surface area (Å²) in [4.78, 5) is 10.3. The number of nitro groups is 1. The summed E-state index contributed by atoms with van der Waals surface area (Å²) in [5.74, 6) is 1.15. The highest BCUT2D eigenvalue weighted by molar-refractivity contribution is 5.43. The fraction of sp³-hybridized carbons (Fsp3) is 0.538. The molecule has 1 unspecified atom stereocenters. The Morgan fingerprint density at radius 2 is 2.37 bits per heavy atom. The molecular formula is C13H18N2O4. The second-order valence-electron chi connectivity index (χ2n) is 4.63. The zero-order chi connectivity index (χ0) is 13.7. The molecule has 1 aliphatic rings. The van der Waals surface area contributed by atoms with Gasteiger partial charge in [-0.25, -0.2) is 0 Å². The maximum Gasteiger partial charge on any atom is 0.270 e. The van der Waals surface area contributed by atoms with E-state index >= 15 is 0 Å². The van der Waals surface area contributed by atoms with Crippen LogP contribution in [0.3, 0.4) is 0 Å². The maximum absolute atomic E-state index is 10.8. The van der Waals surface area contributed by atoms with Crippen LogP contribution in [0.25, 0.3) is 0 Å². The van der Waals surface area contributed by atoms with Gasteiger partial charge in [-0.15, -0.1) is 0 Å². The Morgan fingerprint density at radius 3 is 3.00 bits per heavy atom. The minimum absolute atomic E-state index is 0.0573. The topological polar surface area (TPSA) is 73.6 Å². The van der Waals surface area contributed by atoms with Crippen LogP contribution >= 0.6 is 0 Å². The zero-order valence-corrected chi connectivity index (χ0v) is 10.9. The van der Waals surface area contributed by atoms with Gasteiger partial charge in [0.1, 0.15) is 5.75 Å². The van der Waals surface area contributed by atoms with E-state index in [1.807, 2.05) is 0 Å². The summed E-state index contributed by atoms with van der Waals surface area (Å²) in [5, 5.41) is 14.0. The van der Waals surface area contributed by atoms with Gasteiger partial charge in [-0.3, -0.25) is 10.1 Å². The smallest absolute Gasteiger partial charge is 0.270 e. The Morgan fingerprint density at radius 1 is 1.53 bits per heavy atom. The maximum atomic E-state index is 10.8. The minimum atomic E-state index is -0.413. The van der Waals surface area contributed by atoms with E-state index < -0.39 is 4.92 Å². The molecule has 0 aliphatic carbocycles. The third kappa shape index (κ3) is 3.65. The van der Waals surface area contributed by atoms with Crippen LogP contribution in [0.5, 0.6) is 5.75 Å². The third-order valence-electron chi connectivity index (χ3n) is 3.25. The first kappa shape index (κ1) is 13.8. The molecule has 1 N–H and O–H groups in total. The molecule has 2 rings (SSSR count). The molecule has 1 fully saturated rings. The molecule has 1 aromatic rings. The van der Waals surface area contributed by atoms with Crippen molar-refractivity contribution in [3.8, 4) is 5.75 Å². The van der Waals surface area contributed by atoms with Gasteiger partial charge in [-0.1, -0.05) is 0 Å². The highest BCUT2D eigenvalue weighted by Gasteiger charge is 2.16. The van der Waals surface area contributed by atoms with Crippen molar-refractivity contribution in [1.82, 2.24) is 5.32 Å². The number of ether oxygens (including phenoxy) is 2. The van der Waals surface area contributed by atoms with E-state index in [2.05, 4.69) is 5.32 Å². The number of benzene rings is 1. The van der Waals surface area contributed by atoms with Gasteiger partial charge >= 0.3 is 0 Å². The van der Waals surface area contributed by atoms with E-state index in [0.29, 0.717) is 30.4 Å². The zero-order valence-electron chi connectivity index (χ0n) is 10.9. The van der Waals surface area contributed by atoms with E-state index in [0.717, 1.165) is 19.5 Å². The molecule has 6 heteroatoms. The monoisotopic (exact) mass is 266 g/mol. The number of nitrogens with one attached hydrogen (secondary N) is 1. The lowest BCUT2D eigenvalue weighted by molar-refractivity contribution is -0.385. The highest BCUT2D eigenvalue weighted by atomic mass is 16.6. The number of methoxy groups -OCH3 is 1. The number of rotatable bonds is 6. The predicted molar refractivity (Wildman–Crippen MR) is 70.3 cm³/mol. The number of nitrogens with zero attached hydrogens (tertiary/aromatic N) is 1. The second kappa shape index (κ2) is 6.49. The Balaban J connectivity index is 1.96. The minimum Gasteiger partial charge on any atom is -0.496 e. The number of hydrogen-bond donors (Lipinski definition) is 1. The summed E-state index contributed by atoms with van der Waals surface area (Å²) in [6.45, 7) is 3.01.